The Kier molecular flexibility index (Phi) is 4.31. The second-order valence-corrected chi connectivity index (χ2v) is 7.20. The van der Waals surface area contributed by atoms with Crippen molar-refractivity contribution in [3.63, 3.8) is 0 Å². The van der Waals surface area contributed by atoms with E-state index < -0.39 is 0 Å². The lowest BCUT2D eigenvalue weighted by Crippen LogP contribution is -2.46. The van der Waals surface area contributed by atoms with Gasteiger partial charge in [-0.2, -0.15) is 0 Å². The van der Waals surface area contributed by atoms with E-state index in [1.54, 1.807) is 12.1 Å². The molecule has 1 N–H and O–H groups in total. The van der Waals surface area contributed by atoms with E-state index in [9.17, 15) is 14.3 Å². The molecule has 0 radical (unpaired) electrons. The van der Waals surface area contributed by atoms with Gasteiger partial charge in [-0.3, -0.25) is 4.79 Å². The summed E-state index contributed by atoms with van der Waals surface area (Å²) in [6, 6.07) is 11.9. The number of methoxy groups -OCH3 is 1. The molecule has 2 aromatic rings. The van der Waals surface area contributed by atoms with Crippen LogP contribution in [0, 0.1) is 5.82 Å². The second kappa shape index (κ2) is 6.63. The Hall–Kier alpha value is -2.56. The van der Waals surface area contributed by atoms with Crippen LogP contribution in [0.3, 0.4) is 0 Å². The van der Waals surface area contributed by atoms with E-state index >= 15 is 0 Å². The maximum Gasteiger partial charge on any atom is 0.254 e. The largest absolute Gasteiger partial charge is 0.504 e. The number of halogens is 1. The molecule has 4 rings (SSSR count). The van der Waals surface area contributed by atoms with Crippen molar-refractivity contribution in [1.82, 2.24) is 4.90 Å². The molecule has 2 heterocycles. The van der Waals surface area contributed by atoms with Crippen LogP contribution < -0.4 is 4.74 Å². The summed E-state index contributed by atoms with van der Waals surface area (Å²) in [6.45, 7) is 0. The van der Waals surface area contributed by atoms with E-state index in [0.29, 0.717) is 17.2 Å². The molecular formula is C21H22FNO3. The number of carbonyl (C=O) groups excluding carboxylic acids is 1. The van der Waals surface area contributed by atoms with E-state index in [1.807, 2.05) is 17.0 Å². The molecule has 2 bridgehead atoms. The second-order valence-electron chi connectivity index (χ2n) is 7.20. The van der Waals surface area contributed by atoms with Gasteiger partial charge >= 0.3 is 0 Å². The van der Waals surface area contributed by atoms with Crippen LogP contribution in [0.4, 0.5) is 4.39 Å². The number of ether oxygens (including phenoxy) is 1. The Morgan fingerprint density at radius 1 is 1.12 bits per heavy atom. The highest BCUT2D eigenvalue weighted by Gasteiger charge is 2.43. The van der Waals surface area contributed by atoms with Crippen LogP contribution in [0.25, 0.3) is 0 Å². The third kappa shape index (κ3) is 2.91. The number of phenolic OH excluding ortho intramolecular Hbond substituents is 1. The zero-order chi connectivity index (χ0) is 18.3. The predicted octanol–water partition coefficient (Wildman–Crippen LogP) is 4.09. The third-order valence-corrected chi connectivity index (χ3v) is 5.74. The Labute approximate surface area is 152 Å². The van der Waals surface area contributed by atoms with Crippen LogP contribution in [0.2, 0.25) is 0 Å². The molecule has 136 valence electrons. The number of nitrogens with zero attached hydrogens (tertiary/aromatic N) is 1. The molecule has 2 aromatic carbocycles. The van der Waals surface area contributed by atoms with Crippen molar-refractivity contribution >= 4 is 5.91 Å². The van der Waals surface area contributed by atoms with Gasteiger partial charge in [0.25, 0.3) is 5.91 Å². The molecule has 26 heavy (non-hydrogen) atoms. The zero-order valence-corrected chi connectivity index (χ0v) is 14.7. The van der Waals surface area contributed by atoms with Crippen molar-refractivity contribution < 1.29 is 19.0 Å². The first-order valence-electron chi connectivity index (χ1n) is 9.02. The van der Waals surface area contributed by atoms with Gasteiger partial charge < -0.3 is 14.7 Å². The van der Waals surface area contributed by atoms with E-state index in [0.717, 1.165) is 31.2 Å². The molecule has 1 unspecified atom stereocenters. The van der Waals surface area contributed by atoms with Gasteiger partial charge in [0.1, 0.15) is 5.82 Å². The Morgan fingerprint density at radius 3 is 2.38 bits per heavy atom. The number of hydrogen-bond acceptors (Lipinski definition) is 3. The molecule has 4 nitrogen and oxygen atoms in total. The Bertz CT molecular complexity index is 807. The van der Waals surface area contributed by atoms with Crippen LogP contribution in [-0.2, 0) is 0 Å². The first kappa shape index (κ1) is 16.9. The summed E-state index contributed by atoms with van der Waals surface area (Å²) < 4.78 is 18.3. The highest BCUT2D eigenvalue weighted by atomic mass is 19.1. The van der Waals surface area contributed by atoms with Crippen LogP contribution >= 0.6 is 0 Å². The van der Waals surface area contributed by atoms with E-state index in [-0.39, 0.29) is 29.6 Å². The maximum atomic E-state index is 13.2. The minimum absolute atomic E-state index is 0.00615. The number of rotatable bonds is 3. The average Bonchev–Trinajstić information content (AvgIpc) is 2.91. The summed E-state index contributed by atoms with van der Waals surface area (Å²) >= 11 is 0. The van der Waals surface area contributed by atoms with Gasteiger partial charge in [0.15, 0.2) is 11.5 Å². The summed E-state index contributed by atoms with van der Waals surface area (Å²) in [6.07, 6.45) is 3.82. The summed E-state index contributed by atoms with van der Waals surface area (Å²) in [7, 11) is 1.47. The minimum atomic E-state index is -0.217. The number of carbonyl (C=O) groups is 1. The Morgan fingerprint density at radius 2 is 1.77 bits per heavy atom. The van der Waals surface area contributed by atoms with Crippen molar-refractivity contribution in [1.29, 1.82) is 0 Å². The van der Waals surface area contributed by atoms with Gasteiger partial charge in [0.05, 0.1) is 7.11 Å². The van der Waals surface area contributed by atoms with Gasteiger partial charge in [0, 0.05) is 17.6 Å². The van der Waals surface area contributed by atoms with Crippen LogP contribution in [0.1, 0.15) is 47.5 Å². The molecule has 1 amide bonds. The van der Waals surface area contributed by atoms with Gasteiger partial charge in [-0.15, -0.1) is 0 Å². The number of fused-ring (bicyclic) bond motifs is 2. The zero-order valence-electron chi connectivity index (χ0n) is 14.7. The smallest absolute Gasteiger partial charge is 0.254 e. The first-order valence-corrected chi connectivity index (χ1v) is 9.02. The van der Waals surface area contributed by atoms with Gasteiger partial charge in [0.2, 0.25) is 0 Å². The summed E-state index contributed by atoms with van der Waals surface area (Å²) in [5.74, 6) is 0.483. The molecule has 2 saturated heterocycles. The quantitative estimate of drug-likeness (QED) is 0.902. The SMILES string of the molecule is COc1cc(C(=O)N2[C@@H]3CC[C@H]2CC(c2ccc(F)cc2)C3)ccc1O. The van der Waals surface area contributed by atoms with Crippen molar-refractivity contribution in [3.8, 4) is 11.5 Å². The molecule has 5 heteroatoms. The van der Waals surface area contributed by atoms with E-state index in [1.165, 1.54) is 25.3 Å². The number of benzene rings is 2. The van der Waals surface area contributed by atoms with E-state index in [4.69, 9.17) is 4.74 Å². The summed E-state index contributed by atoms with van der Waals surface area (Å²) in [4.78, 5) is 15.1. The molecule has 2 fully saturated rings. The predicted molar refractivity (Wildman–Crippen MR) is 96.0 cm³/mol. The molecule has 3 atom stereocenters. The number of hydrogen-bond donors (Lipinski definition) is 1. The van der Waals surface area contributed by atoms with Gasteiger partial charge in [-0.05, 0) is 67.5 Å². The summed E-state index contributed by atoms with van der Waals surface area (Å²) in [5.41, 5.74) is 1.69. The molecule has 0 saturated carbocycles. The summed E-state index contributed by atoms with van der Waals surface area (Å²) in [5, 5.41) is 9.75. The first-order chi connectivity index (χ1) is 12.6. The van der Waals surface area contributed by atoms with Crippen LogP contribution in [0.15, 0.2) is 42.5 Å². The molecule has 0 spiro atoms. The molecule has 0 aliphatic carbocycles. The highest BCUT2D eigenvalue weighted by Crippen LogP contribution is 2.44. The molecule has 2 aliphatic rings. The minimum Gasteiger partial charge on any atom is -0.504 e. The van der Waals surface area contributed by atoms with Gasteiger partial charge in [-0.1, -0.05) is 12.1 Å². The van der Waals surface area contributed by atoms with Crippen molar-refractivity contribution in [2.45, 2.75) is 43.7 Å². The van der Waals surface area contributed by atoms with Crippen LogP contribution in [-0.4, -0.2) is 35.1 Å². The number of piperidine rings is 1. The lowest BCUT2D eigenvalue weighted by molar-refractivity contribution is 0.0571. The highest BCUT2D eigenvalue weighted by molar-refractivity contribution is 5.95. The maximum absolute atomic E-state index is 13.2. The molecular weight excluding hydrogens is 333 g/mol. The van der Waals surface area contributed by atoms with E-state index in [2.05, 4.69) is 0 Å². The third-order valence-electron chi connectivity index (χ3n) is 5.74. The van der Waals surface area contributed by atoms with Crippen molar-refractivity contribution in [2.24, 2.45) is 0 Å². The van der Waals surface area contributed by atoms with Crippen molar-refractivity contribution in [3.05, 3.63) is 59.4 Å². The monoisotopic (exact) mass is 355 g/mol. The number of aromatic hydroxyl groups is 1. The lowest BCUT2D eigenvalue weighted by Gasteiger charge is -2.39. The topological polar surface area (TPSA) is 49.8 Å². The fraction of sp³-hybridized carbons (Fsp3) is 0.381. The number of phenols is 1. The fourth-order valence-electron chi connectivity index (χ4n) is 4.48. The van der Waals surface area contributed by atoms with Crippen molar-refractivity contribution in [2.75, 3.05) is 7.11 Å². The van der Waals surface area contributed by atoms with Crippen LogP contribution in [0.5, 0.6) is 11.5 Å². The molecule has 0 aromatic heterocycles. The lowest BCUT2D eigenvalue weighted by atomic mass is 9.85. The normalized spacial score (nSPS) is 24.5. The standard InChI is InChI=1S/C21H22FNO3/c1-26-20-12-14(4-9-19(20)24)21(25)23-17-7-8-18(23)11-15(10-17)13-2-5-16(22)6-3-13/h2-6,9,12,15,17-18,24H,7-8,10-11H2,1H3/t15?,17-,18+. The molecule has 2 aliphatic heterocycles. The Balaban J connectivity index is 1.54. The average molecular weight is 355 g/mol. The number of amides is 1. The van der Waals surface area contributed by atoms with Gasteiger partial charge in [-0.25, -0.2) is 4.39 Å². The fourth-order valence-corrected chi connectivity index (χ4v) is 4.48.